The van der Waals surface area contributed by atoms with E-state index in [0.29, 0.717) is 48.4 Å². The Balaban J connectivity index is 1.54. The molecular formula is C16H21ClN4O3S2. The lowest BCUT2D eigenvalue weighted by molar-refractivity contribution is -0.132. The van der Waals surface area contributed by atoms with Crippen LogP contribution in [0.4, 0.5) is 0 Å². The van der Waals surface area contributed by atoms with Gasteiger partial charge in [0.15, 0.2) is 0 Å². The molecule has 2 aromatic heterocycles. The van der Waals surface area contributed by atoms with Gasteiger partial charge in [0.05, 0.1) is 23.0 Å². The van der Waals surface area contributed by atoms with Crippen LogP contribution in [0.3, 0.4) is 0 Å². The summed E-state index contributed by atoms with van der Waals surface area (Å²) in [5.41, 5.74) is 1.60. The fourth-order valence-electron chi connectivity index (χ4n) is 2.97. The Morgan fingerprint density at radius 1 is 1.27 bits per heavy atom. The summed E-state index contributed by atoms with van der Waals surface area (Å²) in [5, 5.41) is 6.70. The van der Waals surface area contributed by atoms with Gasteiger partial charge < -0.3 is 4.90 Å². The molecule has 0 aliphatic carbocycles. The normalized spacial score (nSPS) is 16.2. The van der Waals surface area contributed by atoms with Crippen molar-refractivity contribution in [3.8, 4) is 0 Å². The average Bonchev–Trinajstić information content (AvgIpc) is 3.26. The highest BCUT2D eigenvalue weighted by atomic mass is 35.5. The van der Waals surface area contributed by atoms with E-state index in [1.54, 1.807) is 27.1 Å². The van der Waals surface area contributed by atoms with Gasteiger partial charge >= 0.3 is 0 Å². The van der Waals surface area contributed by atoms with Crippen molar-refractivity contribution in [2.75, 3.05) is 26.2 Å². The molecule has 7 nitrogen and oxygen atoms in total. The summed E-state index contributed by atoms with van der Waals surface area (Å²) in [7, 11) is -3.45. The molecule has 0 radical (unpaired) electrons. The fraction of sp³-hybridized carbons (Fsp3) is 0.500. The standard InChI is InChI=1S/C16H21ClN4O3S2/c1-12-16(17)13(2)21(18-12)6-5-14(22)19-7-9-20(10-8-19)26(23,24)15-4-3-11-25-15/h3-4,11H,5-10H2,1-2H3. The number of aryl methyl sites for hydroxylation is 2. The third-order valence-corrected chi connectivity index (χ3v) is 8.33. The number of piperazine rings is 1. The largest absolute Gasteiger partial charge is 0.340 e. The number of sulfonamides is 1. The molecule has 0 spiro atoms. The van der Waals surface area contributed by atoms with Crippen molar-refractivity contribution in [3.05, 3.63) is 33.9 Å². The molecule has 0 bridgehead atoms. The quantitative estimate of drug-likeness (QED) is 0.748. The van der Waals surface area contributed by atoms with Crippen LogP contribution in [0.1, 0.15) is 17.8 Å². The number of carbonyl (C=O) groups is 1. The summed E-state index contributed by atoms with van der Waals surface area (Å²) in [4.78, 5) is 14.2. The molecule has 1 saturated heterocycles. The molecular weight excluding hydrogens is 396 g/mol. The number of amides is 1. The van der Waals surface area contributed by atoms with E-state index in [-0.39, 0.29) is 5.91 Å². The van der Waals surface area contributed by atoms with Crippen LogP contribution in [0.5, 0.6) is 0 Å². The van der Waals surface area contributed by atoms with Gasteiger partial charge in [-0.05, 0) is 25.3 Å². The second kappa shape index (κ2) is 7.67. The number of nitrogens with zero attached hydrogens (tertiary/aromatic N) is 4. The molecule has 0 aromatic carbocycles. The first-order chi connectivity index (χ1) is 12.3. The molecule has 0 unspecified atom stereocenters. The Labute approximate surface area is 162 Å². The summed E-state index contributed by atoms with van der Waals surface area (Å²) < 4.78 is 28.6. The average molecular weight is 417 g/mol. The number of carbonyl (C=O) groups excluding carboxylic acids is 1. The van der Waals surface area contributed by atoms with Gasteiger partial charge in [-0.1, -0.05) is 17.7 Å². The van der Waals surface area contributed by atoms with Crippen LogP contribution >= 0.6 is 22.9 Å². The molecule has 0 N–H and O–H groups in total. The number of hydrogen-bond donors (Lipinski definition) is 0. The molecule has 10 heteroatoms. The summed E-state index contributed by atoms with van der Waals surface area (Å²) in [6.07, 6.45) is 0.315. The second-order valence-electron chi connectivity index (χ2n) is 6.17. The van der Waals surface area contributed by atoms with Crippen LogP contribution < -0.4 is 0 Å². The van der Waals surface area contributed by atoms with Crippen LogP contribution in [0.2, 0.25) is 5.02 Å². The van der Waals surface area contributed by atoms with Crippen LogP contribution in [-0.4, -0.2) is 59.5 Å². The van der Waals surface area contributed by atoms with Crippen molar-refractivity contribution in [1.29, 1.82) is 0 Å². The number of aromatic nitrogens is 2. The van der Waals surface area contributed by atoms with Crippen molar-refractivity contribution in [2.24, 2.45) is 0 Å². The molecule has 1 aliphatic rings. The minimum absolute atomic E-state index is 0.00171. The van der Waals surface area contributed by atoms with Crippen LogP contribution in [-0.2, 0) is 21.4 Å². The summed E-state index contributed by atoms with van der Waals surface area (Å²) in [6.45, 7) is 5.62. The van der Waals surface area contributed by atoms with E-state index in [2.05, 4.69) is 5.10 Å². The molecule has 1 aliphatic heterocycles. The van der Waals surface area contributed by atoms with Gasteiger partial charge in [-0.25, -0.2) is 8.42 Å². The SMILES string of the molecule is Cc1nn(CCC(=O)N2CCN(S(=O)(=O)c3cccs3)CC2)c(C)c1Cl. The maximum absolute atomic E-state index is 12.5. The Kier molecular flexibility index (Phi) is 5.71. The van der Waals surface area contributed by atoms with Crippen molar-refractivity contribution in [1.82, 2.24) is 19.0 Å². The number of thiophene rings is 1. The highest BCUT2D eigenvalue weighted by molar-refractivity contribution is 7.91. The zero-order valence-electron chi connectivity index (χ0n) is 14.7. The number of halogens is 1. The van der Waals surface area contributed by atoms with Gasteiger partial charge in [-0.3, -0.25) is 9.48 Å². The minimum atomic E-state index is -3.45. The Hall–Kier alpha value is -1.42. The molecule has 1 amide bonds. The first-order valence-electron chi connectivity index (χ1n) is 8.31. The summed E-state index contributed by atoms with van der Waals surface area (Å²) in [5.74, 6) is 0.00171. The van der Waals surface area contributed by atoms with Crippen molar-refractivity contribution in [3.63, 3.8) is 0 Å². The van der Waals surface area contributed by atoms with E-state index in [9.17, 15) is 13.2 Å². The lowest BCUT2D eigenvalue weighted by atomic mass is 10.3. The van der Waals surface area contributed by atoms with Gasteiger partial charge in [0.1, 0.15) is 4.21 Å². The summed E-state index contributed by atoms with van der Waals surface area (Å²) >= 11 is 7.33. The first-order valence-corrected chi connectivity index (χ1v) is 11.0. The van der Waals surface area contributed by atoms with Crippen molar-refractivity contribution >= 4 is 38.9 Å². The van der Waals surface area contributed by atoms with Gasteiger partial charge in [0, 0.05) is 32.6 Å². The summed E-state index contributed by atoms with van der Waals surface area (Å²) in [6, 6.07) is 3.33. The highest BCUT2D eigenvalue weighted by Crippen LogP contribution is 2.22. The maximum atomic E-state index is 12.5. The molecule has 3 heterocycles. The first kappa shape index (κ1) is 19.3. The zero-order chi connectivity index (χ0) is 18.9. The Morgan fingerprint density at radius 3 is 2.50 bits per heavy atom. The molecule has 0 saturated carbocycles. The minimum Gasteiger partial charge on any atom is -0.340 e. The van der Waals surface area contributed by atoms with Crippen LogP contribution in [0.25, 0.3) is 0 Å². The van der Waals surface area contributed by atoms with Gasteiger partial charge in [-0.15, -0.1) is 11.3 Å². The molecule has 0 atom stereocenters. The van der Waals surface area contributed by atoms with Gasteiger partial charge in [0.25, 0.3) is 10.0 Å². The second-order valence-corrected chi connectivity index (χ2v) is 9.67. The van der Waals surface area contributed by atoms with Gasteiger partial charge in [-0.2, -0.15) is 9.40 Å². The highest BCUT2D eigenvalue weighted by Gasteiger charge is 2.30. The number of rotatable bonds is 5. The van der Waals surface area contributed by atoms with Crippen molar-refractivity contribution in [2.45, 2.75) is 31.0 Å². The van der Waals surface area contributed by atoms with E-state index in [4.69, 9.17) is 11.6 Å². The van der Waals surface area contributed by atoms with E-state index in [1.807, 2.05) is 13.8 Å². The zero-order valence-corrected chi connectivity index (χ0v) is 17.1. The topological polar surface area (TPSA) is 75.5 Å². The predicted octanol–water partition coefficient (Wildman–Crippen LogP) is 2.14. The van der Waals surface area contributed by atoms with Crippen LogP contribution in [0, 0.1) is 13.8 Å². The van der Waals surface area contributed by atoms with E-state index in [0.717, 1.165) is 11.4 Å². The maximum Gasteiger partial charge on any atom is 0.252 e. The third kappa shape index (κ3) is 3.80. The molecule has 2 aromatic rings. The Bertz CT molecular complexity index is 885. The fourth-order valence-corrected chi connectivity index (χ4v) is 5.67. The van der Waals surface area contributed by atoms with E-state index in [1.165, 1.54) is 15.6 Å². The monoisotopic (exact) mass is 416 g/mol. The predicted molar refractivity (Wildman–Crippen MR) is 101 cm³/mol. The third-order valence-electron chi connectivity index (χ3n) is 4.51. The molecule has 26 heavy (non-hydrogen) atoms. The van der Waals surface area contributed by atoms with E-state index < -0.39 is 10.0 Å². The lowest BCUT2D eigenvalue weighted by Crippen LogP contribution is -2.50. The molecule has 1 fully saturated rings. The lowest BCUT2D eigenvalue weighted by Gasteiger charge is -2.33. The Morgan fingerprint density at radius 2 is 1.96 bits per heavy atom. The van der Waals surface area contributed by atoms with Crippen LogP contribution in [0.15, 0.2) is 21.7 Å². The number of hydrogen-bond acceptors (Lipinski definition) is 5. The van der Waals surface area contributed by atoms with Gasteiger partial charge in [0.2, 0.25) is 5.91 Å². The molecule has 3 rings (SSSR count). The van der Waals surface area contributed by atoms with Crippen molar-refractivity contribution < 1.29 is 13.2 Å². The van der Waals surface area contributed by atoms with E-state index >= 15 is 0 Å². The molecule has 142 valence electrons. The smallest absolute Gasteiger partial charge is 0.252 e.